The van der Waals surface area contributed by atoms with Crippen molar-refractivity contribution in [3.63, 3.8) is 0 Å². The van der Waals surface area contributed by atoms with Crippen molar-refractivity contribution < 1.29 is 33.4 Å². The summed E-state index contributed by atoms with van der Waals surface area (Å²) in [5.74, 6) is -3.22. The predicted octanol–water partition coefficient (Wildman–Crippen LogP) is 0.0701. The summed E-state index contributed by atoms with van der Waals surface area (Å²) >= 11 is 0. The number of benzene rings is 1. The number of anilines is 2. The van der Waals surface area contributed by atoms with Gasteiger partial charge in [-0.05, 0) is 31.0 Å². The van der Waals surface area contributed by atoms with E-state index in [9.17, 15) is 19.2 Å². The molecule has 10 nitrogen and oxygen atoms in total. The maximum Gasteiger partial charge on any atom is 0.340 e. The number of carbonyl (C=O) groups is 4. The predicted molar refractivity (Wildman–Crippen MR) is 102 cm³/mol. The molecule has 2 amide bonds. The Morgan fingerprint density at radius 2 is 1.72 bits per heavy atom. The fraction of sp³-hybridized carbons (Fsp3) is 0.474. The molecule has 0 atom stereocenters. The molecule has 3 rings (SSSR count). The van der Waals surface area contributed by atoms with Crippen LogP contribution in [0.4, 0.5) is 11.4 Å². The minimum Gasteiger partial charge on any atom is -0.467 e. The largest absolute Gasteiger partial charge is 0.467 e. The number of morpholine rings is 1. The second kappa shape index (κ2) is 8.48. The summed E-state index contributed by atoms with van der Waals surface area (Å²) < 4.78 is 14.8. The Labute approximate surface area is 167 Å². The van der Waals surface area contributed by atoms with Gasteiger partial charge in [-0.3, -0.25) is 9.59 Å². The molecule has 29 heavy (non-hydrogen) atoms. The lowest BCUT2D eigenvalue weighted by Crippen LogP contribution is -2.48. The summed E-state index contributed by atoms with van der Waals surface area (Å²) in [6.45, 7) is 2.50. The monoisotopic (exact) mass is 405 g/mol. The molecule has 0 spiro atoms. The molecule has 1 heterocycles. The lowest BCUT2D eigenvalue weighted by atomic mass is 10.1. The number of rotatable bonds is 5. The van der Waals surface area contributed by atoms with Crippen LogP contribution in [0.5, 0.6) is 0 Å². The van der Waals surface area contributed by atoms with Gasteiger partial charge in [-0.2, -0.15) is 0 Å². The maximum atomic E-state index is 12.3. The van der Waals surface area contributed by atoms with Crippen LogP contribution in [-0.4, -0.2) is 69.8 Å². The molecule has 1 aliphatic heterocycles. The van der Waals surface area contributed by atoms with Crippen molar-refractivity contribution in [2.24, 2.45) is 0 Å². The van der Waals surface area contributed by atoms with Gasteiger partial charge in [-0.1, -0.05) is 0 Å². The number of hydrogen-bond donors (Lipinski definition) is 2. The maximum absolute atomic E-state index is 12.3. The van der Waals surface area contributed by atoms with Crippen LogP contribution in [0.15, 0.2) is 18.2 Å². The summed E-state index contributed by atoms with van der Waals surface area (Å²) in [4.78, 5) is 50.5. The first-order valence-corrected chi connectivity index (χ1v) is 9.17. The van der Waals surface area contributed by atoms with Crippen molar-refractivity contribution in [2.45, 2.75) is 18.4 Å². The van der Waals surface area contributed by atoms with E-state index in [1.54, 1.807) is 12.1 Å². The normalized spacial score (nSPS) is 17.1. The van der Waals surface area contributed by atoms with Gasteiger partial charge in [0.05, 0.1) is 38.7 Å². The van der Waals surface area contributed by atoms with E-state index in [1.807, 2.05) is 4.90 Å². The van der Waals surface area contributed by atoms with Gasteiger partial charge in [0.1, 0.15) is 5.54 Å². The molecule has 1 aromatic carbocycles. The molecule has 0 bridgehead atoms. The standard InChI is InChI=1S/C19H23N3O7/c1-27-17(25)13-11-12(22-7-9-29-10-8-22)3-4-14(13)20-15(23)16(24)21-19(5-6-19)18(26)28-2/h3-4,11H,5-10H2,1-2H3,(H,20,23)(H,21,24). The second-order valence-corrected chi connectivity index (χ2v) is 6.80. The van der Waals surface area contributed by atoms with Crippen LogP contribution < -0.4 is 15.5 Å². The van der Waals surface area contributed by atoms with Crippen LogP contribution in [0.25, 0.3) is 0 Å². The van der Waals surface area contributed by atoms with Crippen molar-refractivity contribution in [1.82, 2.24) is 5.32 Å². The number of hydrogen-bond acceptors (Lipinski definition) is 8. The van der Waals surface area contributed by atoms with Crippen molar-refractivity contribution in [3.05, 3.63) is 23.8 Å². The molecule has 2 N–H and O–H groups in total. The van der Waals surface area contributed by atoms with Crippen LogP contribution >= 0.6 is 0 Å². The van der Waals surface area contributed by atoms with Gasteiger partial charge in [-0.15, -0.1) is 0 Å². The third-order valence-corrected chi connectivity index (χ3v) is 4.92. The van der Waals surface area contributed by atoms with Crippen LogP contribution in [0.2, 0.25) is 0 Å². The Hall–Kier alpha value is -3.14. The minimum absolute atomic E-state index is 0.117. The van der Waals surface area contributed by atoms with Crippen molar-refractivity contribution in [1.29, 1.82) is 0 Å². The van der Waals surface area contributed by atoms with Crippen LogP contribution in [0.1, 0.15) is 23.2 Å². The topological polar surface area (TPSA) is 123 Å². The van der Waals surface area contributed by atoms with E-state index in [0.717, 1.165) is 5.69 Å². The number of carbonyl (C=O) groups excluding carboxylic acids is 4. The van der Waals surface area contributed by atoms with E-state index in [1.165, 1.54) is 20.3 Å². The highest BCUT2D eigenvalue weighted by atomic mass is 16.5. The van der Waals surface area contributed by atoms with Crippen molar-refractivity contribution in [3.8, 4) is 0 Å². The third-order valence-electron chi connectivity index (χ3n) is 4.92. The van der Waals surface area contributed by atoms with Crippen LogP contribution in [0.3, 0.4) is 0 Å². The zero-order chi connectivity index (χ0) is 21.0. The van der Waals surface area contributed by atoms with E-state index in [4.69, 9.17) is 9.47 Å². The van der Waals surface area contributed by atoms with Crippen LogP contribution in [-0.2, 0) is 28.6 Å². The van der Waals surface area contributed by atoms with Crippen molar-refractivity contribution >= 4 is 35.1 Å². The number of ether oxygens (including phenoxy) is 3. The Balaban J connectivity index is 1.75. The molecule has 2 aliphatic rings. The highest BCUT2D eigenvalue weighted by molar-refractivity contribution is 6.40. The molecule has 2 fully saturated rings. The molecule has 1 aliphatic carbocycles. The Bertz CT molecular complexity index is 829. The summed E-state index contributed by atoms with van der Waals surface area (Å²) in [6.07, 6.45) is 0.806. The summed E-state index contributed by atoms with van der Waals surface area (Å²) in [6, 6.07) is 4.87. The average molecular weight is 405 g/mol. The number of amides is 2. The molecular formula is C19H23N3O7. The van der Waals surface area contributed by atoms with Gasteiger partial charge in [0.15, 0.2) is 0 Å². The molecule has 1 saturated heterocycles. The first-order valence-electron chi connectivity index (χ1n) is 9.17. The smallest absolute Gasteiger partial charge is 0.340 e. The molecule has 0 unspecified atom stereocenters. The Morgan fingerprint density at radius 3 is 2.31 bits per heavy atom. The summed E-state index contributed by atoms with van der Waals surface area (Å²) in [5.41, 5.74) is -0.114. The molecule has 156 valence electrons. The molecule has 0 aromatic heterocycles. The molecule has 1 aromatic rings. The van der Waals surface area contributed by atoms with E-state index < -0.39 is 29.3 Å². The highest BCUT2D eigenvalue weighted by Crippen LogP contribution is 2.36. The van der Waals surface area contributed by atoms with E-state index in [-0.39, 0.29) is 11.3 Å². The number of nitrogens with zero attached hydrogens (tertiary/aromatic N) is 1. The van der Waals surface area contributed by atoms with Gasteiger partial charge in [0, 0.05) is 18.8 Å². The second-order valence-electron chi connectivity index (χ2n) is 6.80. The van der Waals surface area contributed by atoms with E-state index in [2.05, 4.69) is 15.4 Å². The molecule has 0 radical (unpaired) electrons. The lowest BCUT2D eigenvalue weighted by molar-refractivity contribution is -0.147. The number of nitrogens with one attached hydrogen (secondary N) is 2. The minimum atomic E-state index is -1.14. The van der Waals surface area contributed by atoms with Gasteiger partial charge in [0.25, 0.3) is 0 Å². The third kappa shape index (κ3) is 4.48. The highest BCUT2D eigenvalue weighted by Gasteiger charge is 2.53. The molecule has 1 saturated carbocycles. The summed E-state index contributed by atoms with van der Waals surface area (Å²) in [7, 11) is 2.45. The van der Waals surface area contributed by atoms with E-state index >= 15 is 0 Å². The lowest BCUT2D eigenvalue weighted by Gasteiger charge is -2.29. The van der Waals surface area contributed by atoms with Gasteiger partial charge < -0.3 is 29.7 Å². The number of esters is 2. The van der Waals surface area contributed by atoms with Gasteiger partial charge in [0.2, 0.25) is 0 Å². The zero-order valence-corrected chi connectivity index (χ0v) is 16.3. The Morgan fingerprint density at radius 1 is 1.03 bits per heavy atom. The fourth-order valence-electron chi connectivity index (χ4n) is 3.09. The SMILES string of the molecule is COC(=O)c1cc(N2CCOCC2)ccc1NC(=O)C(=O)NC1(C(=O)OC)CC1. The van der Waals surface area contributed by atoms with Gasteiger partial charge >= 0.3 is 23.8 Å². The quantitative estimate of drug-likeness (QED) is 0.521. The van der Waals surface area contributed by atoms with E-state index in [0.29, 0.717) is 39.1 Å². The molecule has 10 heteroatoms. The first-order chi connectivity index (χ1) is 13.9. The molecular weight excluding hydrogens is 382 g/mol. The number of methoxy groups -OCH3 is 2. The zero-order valence-electron chi connectivity index (χ0n) is 16.3. The van der Waals surface area contributed by atoms with Crippen LogP contribution in [0, 0.1) is 0 Å². The fourth-order valence-corrected chi connectivity index (χ4v) is 3.09. The summed E-state index contributed by atoms with van der Waals surface area (Å²) in [5, 5.41) is 4.82. The van der Waals surface area contributed by atoms with Crippen molar-refractivity contribution in [2.75, 3.05) is 50.7 Å². The van der Waals surface area contributed by atoms with Gasteiger partial charge in [-0.25, -0.2) is 9.59 Å². The first kappa shape index (κ1) is 20.6. The Kier molecular flexibility index (Phi) is 6.02. The average Bonchev–Trinajstić information content (AvgIpc) is 3.53.